The van der Waals surface area contributed by atoms with Crippen LogP contribution >= 0.6 is 0 Å². The molecule has 1 aliphatic rings. The quantitative estimate of drug-likeness (QED) is 0.571. The van der Waals surface area contributed by atoms with Crippen LogP contribution in [0.2, 0.25) is 0 Å². The van der Waals surface area contributed by atoms with Gasteiger partial charge in [-0.05, 0) is 24.7 Å². The fourth-order valence-corrected chi connectivity index (χ4v) is 1.94. The Kier molecular flexibility index (Phi) is 8.62. The van der Waals surface area contributed by atoms with Crippen molar-refractivity contribution in [1.29, 1.82) is 0 Å². The molecule has 0 radical (unpaired) electrons. The Labute approximate surface area is 119 Å². The molecule has 4 heteroatoms. The SMILES string of the molecule is CC(C)CCOCN1CCN(COCCC(C)C)C1. The fourth-order valence-electron chi connectivity index (χ4n) is 1.94. The van der Waals surface area contributed by atoms with E-state index < -0.39 is 0 Å². The summed E-state index contributed by atoms with van der Waals surface area (Å²) < 4.78 is 11.4. The molecule has 0 N–H and O–H groups in total. The first-order valence-electron chi connectivity index (χ1n) is 7.68. The Balaban J connectivity index is 1.97. The molecule has 19 heavy (non-hydrogen) atoms. The van der Waals surface area contributed by atoms with Crippen LogP contribution in [0.5, 0.6) is 0 Å². The Morgan fingerprint density at radius 2 is 1.21 bits per heavy atom. The predicted octanol–water partition coefficient (Wildman–Crippen LogP) is 2.60. The van der Waals surface area contributed by atoms with E-state index in [1.54, 1.807) is 0 Å². The maximum Gasteiger partial charge on any atom is 0.100 e. The largest absolute Gasteiger partial charge is 0.366 e. The minimum absolute atomic E-state index is 0.726. The minimum atomic E-state index is 0.726. The van der Waals surface area contributed by atoms with Crippen LogP contribution in [0.4, 0.5) is 0 Å². The van der Waals surface area contributed by atoms with E-state index in [1.165, 1.54) is 0 Å². The van der Waals surface area contributed by atoms with E-state index in [0.717, 1.165) is 71.1 Å². The van der Waals surface area contributed by atoms with E-state index >= 15 is 0 Å². The maximum absolute atomic E-state index is 5.69. The van der Waals surface area contributed by atoms with Gasteiger partial charge in [-0.3, -0.25) is 9.80 Å². The Morgan fingerprint density at radius 3 is 1.58 bits per heavy atom. The molecule has 1 fully saturated rings. The van der Waals surface area contributed by atoms with Crippen molar-refractivity contribution in [2.24, 2.45) is 11.8 Å². The number of hydrogen-bond acceptors (Lipinski definition) is 4. The molecule has 0 unspecified atom stereocenters. The standard InChI is InChI=1S/C15H32N2O2/c1-14(2)5-9-18-12-16-7-8-17(11-16)13-19-10-6-15(3)4/h14-15H,5-13H2,1-4H3. The van der Waals surface area contributed by atoms with Crippen LogP contribution in [-0.4, -0.2) is 56.2 Å². The number of rotatable bonds is 10. The molecule has 0 aliphatic carbocycles. The van der Waals surface area contributed by atoms with Gasteiger partial charge in [0.2, 0.25) is 0 Å². The molecule has 0 aromatic carbocycles. The Hall–Kier alpha value is -0.160. The molecule has 0 aromatic heterocycles. The summed E-state index contributed by atoms with van der Waals surface area (Å²) in [5, 5.41) is 0. The molecule has 114 valence electrons. The van der Waals surface area contributed by atoms with Crippen molar-refractivity contribution >= 4 is 0 Å². The summed E-state index contributed by atoms with van der Waals surface area (Å²) in [7, 11) is 0. The van der Waals surface area contributed by atoms with Crippen molar-refractivity contribution in [3.8, 4) is 0 Å². The van der Waals surface area contributed by atoms with E-state index in [9.17, 15) is 0 Å². The summed E-state index contributed by atoms with van der Waals surface area (Å²) in [4.78, 5) is 4.68. The third-order valence-corrected chi connectivity index (χ3v) is 3.36. The Morgan fingerprint density at radius 1 is 0.789 bits per heavy atom. The smallest absolute Gasteiger partial charge is 0.100 e. The van der Waals surface area contributed by atoms with E-state index in [4.69, 9.17) is 9.47 Å². The van der Waals surface area contributed by atoms with Crippen LogP contribution in [0.3, 0.4) is 0 Å². The van der Waals surface area contributed by atoms with Crippen molar-refractivity contribution in [1.82, 2.24) is 9.80 Å². The molecular formula is C15H32N2O2. The third kappa shape index (κ3) is 8.58. The van der Waals surface area contributed by atoms with Crippen molar-refractivity contribution in [2.75, 3.05) is 46.4 Å². The summed E-state index contributed by atoms with van der Waals surface area (Å²) in [6.45, 7) is 15.4. The molecule has 0 amide bonds. The van der Waals surface area contributed by atoms with Crippen molar-refractivity contribution < 1.29 is 9.47 Å². The van der Waals surface area contributed by atoms with Gasteiger partial charge in [-0.2, -0.15) is 0 Å². The summed E-state index contributed by atoms with van der Waals surface area (Å²) in [5.74, 6) is 1.45. The first-order valence-corrected chi connectivity index (χ1v) is 7.68. The highest BCUT2D eigenvalue weighted by atomic mass is 16.5. The van der Waals surface area contributed by atoms with Crippen molar-refractivity contribution in [2.45, 2.75) is 40.5 Å². The van der Waals surface area contributed by atoms with Crippen molar-refractivity contribution in [3.63, 3.8) is 0 Å². The van der Waals surface area contributed by atoms with Gasteiger partial charge in [0.1, 0.15) is 13.5 Å². The molecule has 1 aliphatic heterocycles. The van der Waals surface area contributed by atoms with Gasteiger partial charge >= 0.3 is 0 Å². The summed E-state index contributed by atoms with van der Waals surface area (Å²) >= 11 is 0. The number of hydrogen-bond donors (Lipinski definition) is 0. The van der Waals surface area contributed by atoms with Gasteiger partial charge in [-0.1, -0.05) is 27.7 Å². The molecule has 4 nitrogen and oxygen atoms in total. The van der Waals surface area contributed by atoms with Crippen LogP contribution in [0.25, 0.3) is 0 Å². The van der Waals surface area contributed by atoms with Gasteiger partial charge in [0.15, 0.2) is 0 Å². The minimum Gasteiger partial charge on any atom is -0.366 e. The van der Waals surface area contributed by atoms with Crippen LogP contribution in [0.15, 0.2) is 0 Å². The van der Waals surface area contributed by atoms with Crippen LogP contribution < -0.4 is 0 Å². The normalized spacial score (nSPS) is 18.0. The molecule has 0 spiro atoms. The molecule has 1 heterocycles. The second kappa shape index (κ2) is 9.70. The predicted molar refractivity (Wildman–Crippen MR) is 78.8 cm³/mol. The molecular weight excluding hydrogens is 240 g/mol. The lowest BCUT2D eigenvalue weighted by molar-refractivity contribution is 0.000525. The Bertz CT molecular complexity index is 200. The molecule has 1 saturated heterocycles. The molecule has 0 saturated carbocycles. The van der Waals surface area contributed by atoms with E-state index in [0.29, 0.717) is 0 Å². The molecule has 0 aromatic rings. The highest BCUT2D eigenvalue weighted by Gasteiger charge is 2.19. The van der Waals surface area contributed by atoms with Crippen LogP contribution in [0.1, 0.15) is 40.5 Å². The summed E-state index contributed by atoms with van der Waals surface area (Å²) in [5.41, 5.74) is 0. The first-order chi connectivity index (χ1) is 9.08. The molecule has 0 atom stereocenters. The summed E-state index contributed by atoms with van der Waals surface area (Å²) in [6, 6.07) is 0. The third-order valence-electron chi connectivity index (χ3n) is 3.36. The average Bonchev–Trinajstić information content (AvgIpc) is 2.78. The monoisotopic (exact) mass is 272 g/mol. The fraction of sp³-hybridized carbons (Fsp3) is 1.00. The van der Waals surface area contributed by atoms with Gasteiger partial charge < -0.3 is 9.47 Å². The van der Waals surface area contributed by atoms with E-state index in [1.807, 2.05) is 0 Å². The van der Waals surface area contributed by atoms with Gasteiger partial charge in [0, 0.05) is 26.3 Å². The second-order valence-electron chi connectivity index (χ2n) is 6.37. The zero-order valence-electron chi connectivity index (χ0n) is 13.2. The van der Waals surface area contributed by atoms with Crippen LogP contribution in [0, 0.1) is 11.8 Å². The van der Waals surface area contributed by atoms with Gasteiger partial charge in [-0.25, -0.2) is 0 Å². The lowest BCUT2D eigenvalue weighted by atomic mass is 10.1. The van der Waals surface area contributed by atoms with Gasteiger partial charge in [0.25, 0.3) is 0 Å². The van der Waals surface area contributed by atoms with Crippen molar-refractivity contribution in [3.05, 3.63) is 0 Å². The summed E-state index contributed by atoms with van der Waals surface area (Å²) in [6.07, 6.45) is 2.30. The first kappa shape index (κ1) is 16.9. The lowest BCUT2D eigenvalue weighted by Crippen LogP contribution is -2.29. The number of ether oxygens (including phenoxy) is 2. The highest BCUT2D eigenvalue weighted by Crippen LogP contribution is 2.06. The zero-order chi connectivity index (χ0) is 14.1. The van der Waals surface area contributed by atoms with E-state index in [-0.39, 0.29) is 0 Å². The lowest BCUT2D eigenvalue weighted by Gasteiger charge is -2.18. The average molecular weight is 272 g/mol. The topological polar surface area (TPSA) is 24.9 Å². The number of nitrogens with zero attached hydrogens (tertiary/aromatic N) is 2. The van der Waals surface area contributed by atoms with E-state index in [2.05, 4.69) is 37.5 Å². The molecule has 0 bridgehead atoms. The molecule has 1 rings (SSSR count). The zero-order valence-corrected chi connectivity index (χ0v) is 13.2. The second-order valence-corrected chi connectivity index (χ2v) is 6.37. The highest BCUT2D eigenvalue weighted by molar-refractivity contribution is 4.66. The van der Waals surface area contributed by atoms with Gasteiger partial charge in [-0.15, -0.1) is 0 Å². The van der Waals surface area contributed by atoms with Crippen LogP contribution in [-0.2, 0) is 9.47 Å². The maximum atomic E-state index is 5.69. The van der Waals surface area contributed by atoms with Gasteiger partial charge in [0.05, 0.1) is 6.67 Å².